The van der Waals surface area contributed by atoms with Crippen molar-refractivity contribution >= 4 is 11.9 Å². The molecule has 0 aliphatic carbocycles. The maximum absolute atomic E-state index is 12.8. The van der Waals surface area contributed by atoms with E-state index in [1.54, 1.807) is 19.1 Å². The number of fused-ring (bicyclic) bond motifs is 1. The summed E-state index contributed by atoms with van der Waals surface area (Å²) < 4.78 is 11.3. The smallest absolute Gasteiger partial charge is 0.312 e. The Kier molecular flexibility index (Phi) is 5.51. The third-order valence-electron chi connectivity index (χ3n) is 5.19. The summed E-state index contributed by atoms with van der Waals surface area (Å²) in [4.78, 5) is 27.7. The number of nitrogens with one attached hydrogen (secondary N) is 1. The van der Waals surface area contributed by atoms with E-state index in [0.717, 1.165) is 13.0 Å². The zero-order valence-electron chi connectivity index (χ0n) is 15.8. The van der Waals surface area contributed by atoms with Crippen LogP contribution in [0.15, 0.2) is 24.3 Å². The predicted molar refractivity (Wildman–Crippen MR) is 98.2 cm³/mol. The third-order valence-corrected chi connectivity index (χ3v) is 5.19. The molecule has 1 aromatic rings. The molecule has 0 saturated carbocycles. The summed E-state index contributed by atoms with van der Waals surface area (Å²) in [7, 11) is 0. The van der Waals surface area contributed by atoms with Crippen LogP contribution < -0.4 is 10.1 Å². The molecule has 0 unspecified atom stereocenters. The predicted octanol–water partition coefficient (Wildman–Crippen LogP) is 2.09. The summed E-state index contributed by atoms with van der Waals surface area (Å²) in [5.41, 5.74) is -0.257. The molecule has 1 fully saturated rings. The molecule has 26 heavy (non-hydrogen) atoms. The molecule has 0 radical (unpaired) electrons. The van der Waals surface area contributed by atoms with E-state index in [-0.39, 0.29) is 18.5 Å². The van der Waals surface area contributed by atoms with Gasteiger partial charge < -0.3 is 14.8 Å². The van der Waals surface area contributed by atoms with E-state index in [1.807, 2.05) is 12.1 Å². The zero-order chi connectivity index (χ0) is 18.7. The van der Waals surface area contributed by atoms with Gasteiger partial charge in [-0.3, -0.25) is 14.5 Å². The van der Waals surface area contributed by atoms with E-state index in [2.05, 4.69) is 24.1 Å². The quantitative estimate of drug-likeness (QED) is 0.815. The molecule has 1 aromatic carbocycles. The molecule has 0 bridgehead atoms. The number of carbonyl (C=O) groups is 2. The monoisotopic (exact) mass is 360 g/mol. The molecule has 1 N–H and O–H groups in total. The van der Waals surface area contributed by atoms with Crippen LogP contribution in [0, 0.1) is 11.8 Å². The minimum atomic E-state index is -0.765. The molecule has 2 heterocycles. The van der Waals surface area contributed by atoms with Crippen molar-refractivity contribution in [3.63, 3.8) is 0 Å². The van der Waals surface area contributed by atoms with Gasteiger partial charge in [0.15, 0.2) is 0 Å². The number of para-hydroxylation sites is 1. The van der Waals surface area contributed by atoms with E-state index in [1.165, 1.54) is 0 Å². The summed E-state index contributed by atoms with van der Waals surface area (Å²) in [5.74, 6) is 0.238. The Balaban J connectivity index is 1.86. The van der Waals surface area contributed by atoms with Crippen LogP contribution in [0.3, 0.4) is 0 Å². The molecule has 0 aromatic heterocycles. The molecule has 2 aliphatic heterocycles. The van der Waals surface area contributed by atoms with Crippen LogP contribution in [0.1, 0.15) is 37.6 Å². The number of ether oxygens (including phenoxy) is 2. The SMILES string of the molecule is CCOC(=O)[C@@H]1CN(CCC(C)C)C[C@]12COc1ccccc1C(=O)N2. The average molecular weight is 360 g/mol. The molecule has 1 spiro atoms. The van der Waals surface area contributed by atoms with Crippen molar-refractivity contribution in [2.75, 3.05) is 32.8 Å². The minimum Gasteiger partial charge on any atom is -0.490 e. The normalized spacial score (nSPS) is 25.5. The maximum atomic E-state index is 12.8. The number of rotatable bonds is 5. The Morgan fingerprint density at radius 2 is 2.19 bits per heavy atom. The summed E-state index contributed by atoms with van der Waals surface area (Å²) in [6, 6.07) is 7.19. The molecule has 1 saturated heterocycles. The van der Waals surface area contributed by atoms with Gasteiger partial charge in [0.25, 0.3) is 5.91 Å². The van der Waals surface area contributed by atoms with Gasteiger partial charge in [-0.05, 0) is 37.9 Å². The summed E-state index contributed by atoms with van der Waals surface area (Å²) in [6.45, 7) is 8.80. The Labute approximate surface area is 154 Å². The summed E-state index contributed by atoms with van der Waals surface area (Å²) >= 11 is 0. The van der Waals surface area contributed by atoms with Crippen LogP contribution in [0.5, 0.6) is 5.75 Å². The van der Waals surface area contributed by atoms with Gasteiger partial charge in [-0.15, -0.1) is 0 Å². The van der Waals surface area contributed by atoms with Crippen molar-refractivity contribution in [3.05, 3.63) is 29.8 Å². The van der Waals surface area contributed by atoms with Gasteiger partial charge in [-0.25, -0.2) is 0 Å². The van der Waals surface area contributed by atoms with Gasteiger partial charge in [0.05, 0.1) is 18.1 Å². The molecule has 3 rings (SSSR count). The standard InChI is InChI=1S/C20H28N2O4/c1-4-25-19(24)16-11-22(10-9-14(2)3)12-20(16)13-26-17-8-6-5-7-15(17)18(23)21-20/h5-8,14,16H,4,9-13H2,1-3H3,(H,21,23)/t16-,20-/m0/s1. The van der Waals surface area contributed by atoms with E-state index < -0.39 is 11.5 Å². The Bertz CT molecular complexity index is 676. The lowest BCUT2D eigenvalue weighted by atomic mass is 9.87. The van der Waals surface area contributed by atoms with Crippen molar-refractivity contribution < 1.29 is 19.1 Å². The van der Waals surface area contributed by atoms with E-state index in [9.17, 15) is 9.59 Å². The first-order valence-corrected chi connectivity index (χ1v) is 9.38. The molecular formula is C20H28N2O4. The van der Waals surface area contributed by atoms with Gasteiger partial charge in [0.1, 0.15) is 17.9 Å². The number of esters is 1. The summed E-state index contributed by atoms with van der Waals surface area (Å²) in [6.07, 6.45) is 1.04. The molecule has 142 valence electrons. The Hall–Kier alpha value is -2.08. The first-order chi connectivity index (χ1) is 12.4. The second-order valence-electron chi connectivity index (χ2n) is 7.62. The van der Waals surface area contributed by atoms with Gasteiger partial charge in [0, 0.05) is 13.1 Å². The number of hydrogen-bond donors (Lipinski definition) is 1. The first kappa shape index (κ1) is 18.7. The van der Waals surface area contributed by atoms with Crippen LogP contribution in [0.25, 0.3) is 0 Å². The van der Waals surface area contributed by atoms with Crippen molar-refractivity contribution in [1.29, 1.82) is 0 Å². The fraction of sp³-hybridized carbons (Fsp3) is 0.600. The van der Waals surface area contributed by atoms with Crippen LogP contribution in [-0.2, 0) is 9.53 Å². The number of nitrogens with zero attached hydrogens (tertiary/aromatic N) is 1. The lowest BCUT2D eigenvalue weighted by molar-refractivity contribution is -0.150. The van der Waals surface area contributed by atoms with Crippen molar-refractivity contribution in [1.82, 2.24) is 10.2 Å². The van der Waals surface area contributed by atoms with Gasteiger partial charge in [0.2, 0.25) is 0 Å². The highest BCUT2D eigenvalue weighted by atomic mass is 16.5. The minimum absolute atomic E-state index is 0.196. The number of benzene rings is 1. The molecule has 2 aliphatic rings. The van der Waals surface area contributed by atoms with Crippen molar-refractivity contribution in [2.45, 2.75) is 32.7 Å². The average Bonchev–Trinajstić information content (AvgIpc) is 2.90. The van der Waals surface area contributed by atoms with E-state index in [0.29, 0.717) is 36.9 Å². The maximum Gasteiger partial charge on any atom is 0.312 e. The number of likely N-dealkylation sites (tertiary alicyclic amines) is 1. The summed E-state index contributed by atoms with van der Waals surface area (Å²) in [5, 5.41) is 3.11. The molecule has 2 atom stereocenters. The van der Waals surface area contributed by atoms with Gasteiger partial charge >= 0.3 is 5.97 Å². The molecular weight excluding hydrogens is 332 g/mol. The van der Waals surface area contributed by atoms with Crippen molar-refractivity contribution in [3.8, 4) is 5.75 Å². The van der Waals surface area contributed by atoms with Crippen LogP contribution >= 0.6 is 0 Å². The van der Waals surface area contributed by atoms with Crippen molar-refractivity contribution in [2.24, 2.45) is 11.8 Å². The van der Waals surface area contributed by atoms with Gasteiger partial charge in [-0.1, -0.05) is 26.0 Å². The fourth-order valence-corrected chi connectivity index (χ4v) is 3.75. The first-order valence-electron chi connectivity index (χ1n) is 9.38. The van der Waals surface area contributed by atoms with E-state index in [4.69, 9.17) is 9.47 Å². The lowest BCUT2D eigenvalue weighted by Gasteiger charge is -2.32. The highest BCUT2D eigenvalue weighted by molar-refractivity contribution is 5.98. The topological polar surface area (TPSA) is 67.9 Å². The van der Waals surface area contributed by atoms with Crippen LogP contribution in [0.4, 0.5) is 0 Å². The Morgan fingerprint density at radius 1 is 1.42 bits per heavy atom. The number of amides is 1. The van der Waals surface area contributed by atoms with Crippen LogP contribution in [-0.4, -0.2) is 55.2 Å². The largest absolute Gasteiger partial charge is 0.490 e. The third kappa shape index (κ3) is 3.70. The number of carbonyl (C=O) groups excluding carboxylic acids is 2. The second kappa shape index (κ2) is 7.66. The van der Waals surface area contributed by atoms with E-state index >= 15 is 0 Å². The second-order valence-corrected chi connectivity index (χ2v) is 7.62. The highest BCUT2D eigenvalue weighted by Crippen LogP contribution is 2.34. The zero-order valence-corrected chi connectivity index (χ0v) is 15.8. The fourth-order valence-electron chi connectivity index (χ4n) is 3.75. The van der Waals surface area contributed by atoms with Gasteiger partial charge in [-0.2, -0.15) is 0 Å². The molecule has 6 nitrogen and oxygen atoms in total. The lowest BCUT2D eigenvalue weighted by Crippen LogP contribution is -2.59. The van der Waals surface area contributed by atoms with Crippen LogP contribution in [0.2, 0.25) is 0 Å². The number of hydrogen-bond acceptors (Lipinski definition) is 5. The highest BCUT2D eigenvalue weighted by Gasteiger charge is 2.53. The molecule has 6 heteroatoms. The Morgan fingerprint density at radius 3 is 2.92 bits per heavy atom. The molecule has 1 amide bonds.